The van der Waals surface area contributed by atoms with Crippen molar-refractivity contribution < 1.29 is 4.74 Å². The van der Waals surface area contributed by atoms with Gasteiger partial charge in [0.25, 0.3) is 0 Å². The number of nitrogens with one attached hydrogen (secondary N) is 1. The number of hydrogen-bond donors (Lipinski definition) is 1. The summed E-state index contributed by atoms with van der Waals surface area (Å²) in [6.45, 7) is 3.37. The van der Waals surface area contributed by atoms with Crippen LogP contribution in [0.1, 0.15) is 31.7 Å². The summed E-state index contributed by atoms with van der Waals surface area (Å²) in [5.41, 5.74) is 1.38. The van der Waals surface area contributed by atoms with E-state index < -0.39 is 0 Å². The molecule has 2 rings (SSSR count). The predicted molar refractivity (Wildman–Crippen MR) is 71.5 cm³/mol. The zero-order valence-electron chi connectivity index (χ0n) is 10.9. The molecule has 1 saturated carbocycles. The lowest BCUT2D eigenvalue weighted by molar-refractivity contribution is 0.414. The first-order valence-electron chi connectivity index (χ1n) is 6.69. The Kier molecular flexibility index (Phi) is 4.43. The average molecular weight is 233 g/mol. The third-order valence-electron chi connectivity index (χ3n) is 3.61. The van der Waals surface area contributed by atoms with Crippen LogP contribution in [0, 0.1) is 5.92 Å². The molecule has 0 bridgehead atoms. The Morgan fingerprint density at radius 1 is 1.29 bits per heavy atom. The molecule has 1 N–H and O–H groups in total. The first-order chi connectivity index (χ1) is 8.33. The summed E-state index contributed by atoms with van der Waals surface area (Å²) in [4.78, 5) is 0. The zero-order valence-corrected chi connectivity index (χ0v) is 10.9. The predicted octanol–water partition coefficient (Wildman–Crippen LogP) is 3.02. The van der Waals surface area contributed by atoms with Gasteiger partial charge in [0.2, 0.25) is 0 Å². The zero-order chi connectivity index (χ0) is 12.1. The maximum absolute atomic E-state index is 5.15. The van der Waals surface area contributed by atoms with Crippen LogP contribution in [0.4, 0.5) is 0 Å². The van der Waals surface area contributed by atoms with Gasteiger partial charge < -0.3 is 10.1 Å². The summed E-state index contributed by atoms with van der Waals surface area (Å²) in [6, 6.07) is 9.12. The lowest BCUT2D eigenvalue weighted by Gasteiger charge is -2.16. The van der Waals surface area contributed by atoms with E-state index >= 15 is 0 Å². The minimum atomic E-state index is 0.744. The number of ether oxygens (including phenoxy) is 1. The summed E-state index contributed by atoms with van der Waals surface area (Å²) < 4.78 is 5.15. The second-order valence-electron chi connectivity index (χ2n) is 4.90. The largest absolute Gasteiger partial charge is 0.497 e. The second kappa shape index (κ2) is 6.06. The van der Waals surface area contributed by atoms with E-state index in [9.17, 15) is 0 Å². The molecule has 0 heterocycles. The van der Waals surface area contributed by atoms with Crippen LogP contribution < -0.4 is 10.1 Å². The van der Waals surface area contributed by atoms with Crippen molar-refractivity contribution in [3.63, 3.8) is 0 Å². The Balaban J connectivity index is 1.73. The van der Waals surface area contributed by atoms with E-state index in [2.05, 4.69) is 24.4 Å². The van der Waals surface area contributed by atoms with Gasteiger partial charge in [0.05, 0.1) is 7.11 Å². The average Bonchev–Trinajstić information content (AvgIpc) is 3.20. The third kappa shape index (κ3) is 3.74. The number of methoxy groups -OCH3 is 1. The summed E-state index contributed by atoms with van der Waals surface area (Å²) in [6.07, 6.45) is 5.21. The van der Waals surface area contributed by atoms with Gasteiger partial charge in [-0.2, -0.15) is 0 Å². The Morgan fingerprint density at radius 2 is 2.00 bits per heavy atom. The van der Waals surface area contributed by atoms with Crippen molar-refractivity contribution in [3.05, 3.63) is 29.8 Å². The second-order valence-corrected chi connectivity index (χ2v) is 4.90. The van der Waals surface area contributed by atoms with E-state index in [0.29, 0.717) is 0 Å². The summed E-state index contributed by atoms with van der Waals surface area (Å²) in [7, 11) is 1.71. The van der Waals surface area contributed by atoms with Crippen molar-refractivity contribution in [3.8, 4) is 5.75 Å². The first kappa shape index (κ1) is 12.4. The molecule has 94 valence electrons. The van der Waals surface area contributed by atoms with Gasteiger partial charge in [0, 0.05) is 6.04 Å². The van der Waals surface area contributed by atoms with E-state index in [0.717, 1.165) is 30.7 Å². The molecule has 1 aliphatic carbocycles. The molecule has 1 unspecified atom stereocenters. The first-order valence-corrected chi connectivity index (χ1v) is 6.69. The SMILES string of the molecule is CCC(NCCc1ccc(OC)cc1)C1CC1. The van der Waals surface area contributed by atoms with Crippen LogP contribution in [0.3, 0.4) is 0 Å². The van der Waals surface area contributed by atoms with Crippen molar-refractivity contribution >= 4 is 0 Å². The van der Waals surface area contributed by atoms with Crippen molar-refractivity contribution in [2.24, 2.45) is 5.92 Å². The van der Waals surface area contributed by atoms with Gasteiger partial charge in [-0.1, -0.05) is 19.1 Å². The molecule has 2 heteroatoms. The maximum atomic E-state index is 5.15. The third-order valence-corrected chi connectivity index (χ3v) is 3.61. The molecule has 0 spiro atoms. The van der Waals surface area contributed by atoms with Gasteiger partial charge in [-0.15, -0.1) is 0 Å². The molecule has 0 radical (unpaired) electrons. The number of hydrogen-bond acceptors (Lipinski definition) is 2. The van der Waals surface area contributed by atoms with Crippen LogP contribution in [0.25, 0.3) is 0 Å². The van der Waals surface area contributed by atoms with Crippen molar-refractivity contribution in [1.82, 2.24) is 5.32 Å². The monoisotopic (exact) mass is 233 g/mol. The van der Waals surface area contributed by atoms with Crippen molar-refractivity contribution in [2.45, 2.75) is 38.6 Å². The standard InChI is InChI=1S/C15H23NO/c1-3-15(13-6-7-13)16-11-10-12-4-8-14(17-2)9-5-12/h4-5,8-9,13,15-16H,3,6-7,10-11H2,1-2H3. The molecule has 1 aromatic rings. The van der Waals surface area contributed by atoms with Gasteiger partial charge in [0.1, 0.15) is 5.75 Å². The van der Waals surface area contributed by atoms with Crippen LogP contribution in [0.15, 0.2) is 24.3 Å². The van der Waals surface area contributed by atoms with E-state index in [1.54, 1.807) is 7.11 Å². The molecule has 0 aliphatic heterocycles. The molecule has 17 heavy (non-hydrogen) atoms. The van der Waals surface area contributed by atoms with E-state index in [1.165, 1.54) is 24.8 Å². The highest BCUT2D eigenvalue weighted by Crippen LogP contribution is 2.33. The Morgan fingerprint density at radius 3 is 2.53 bits per heavy atom. The molecule has 0 aromatic heterocycles. The Bertz CT molecular complexity index is 329. The minimum Gasteiger partial charge on any atom is -0.497 e. The molecule has 1 aromatic carbocycles. The molecule has 0 amide bonds. The smallest absolute Gasteiger partial charge is 0.118 e. The lowest BCUT2D eigenvalue weighted by Crippen LogP contribution is -2.32. The Hall–Kier alpha value is -1.02. The van der Waals surface area contributed by atoms with Gasteiger partial charge in [-0.25, -0.2) is 0 Å². The molecular formula is C15H23NO. The maximum Gasteiger partial charge on any atom is 0.118 e. The highest BCUT2D eigenvalue weighted by atomic mass is 16.5. The van der Waals surface area contributed by atoms with Crippen LogP contribution >= 0.6 is 0 Å². The normalized spacial score (nSPS) is 16.8. The summed E-state index contributed by atoms with van der Waals surface area (Å²) in [5, 5.41) is 3.68. The molecule has 2 nitrogen and oxygen atoms in total. The van der Waals surface area contributed by atoms with E-state index in [1.807, 2.05) is 12.1 Å². The summed E-state index contributed by atoms with van der Waals surface area (Å²) in [5.74, 6) is 1.89. The lowest BCUT2D eigenvalue weighted by atomic mass is 10.1. The highest BCUT2D eigenvalue weighted by Gasteiger charge is 2.29. The number of rotatable bonds is 7. The van der Waals surface area contributed by atoms with Crippen molar-refractivity contribution in [2.75, 3.05) is 13.7 Å². The van der Waals surface area contributed by atoms with Crippen LogP contribution in [0.2, 0.25) is 0 Å². The molecule has 1 aliphatic rings. The fourth-order valence-electron chi connectivity index (χ4n) is 2.34. The quantitative estimate of drug-likeness (QED) is 0.781. The van der Waals surface area contributed by atoms with Gasteiger partial charge in [0.15, 0.2) is 0 Å². The molecule has 0 saturated heterocycles. The Labute approximate surface area is 104 Å². The van der Waals surface area contributed by atoms with Gasteiger partial charge in [-0.3, -0.25) is 0 Å². The summed E-state index contributed by atoms with van der Waals surface area (Å²) >= 11 is 0. The molecule has 1 fully saturated rings. The van der Waals surface area contributed by atoms with Crippen molar-refractivity contribution in [1.29, 1.82) is 0 Å². The highest BCUT2D eigenvalue weighted by molar-refractivity contribution is 5.27. The topological polar surface area (TPSA) is 21.3 Å². The van der Waals surface area contributed by atoms with Crippen LogP contribution in [0.5, 0.6) is 5.75 Å². The van der Waals surface area contributed by atoms with E-state index in [-0.39, 0.29) is 0 Å². The fourth-order valence-corrected chi connectivity index (χ4v) is 2.34. The van der Waals surface area contributed by atoms with Crippen LogP contribution in [-0.4, -0.2) is 19.7 Å². The van der Waals surface area contributed by atoms with Gasteiger partial charge in [-0.05, 0) is 55.8 Å². The number of benzene rings is 1. The van der Waals surface area contributed by atoms with Crippen LogP contribution in [-0.2, 0) is 6.42 Å². The van der Waals surface area contributed by atoms with E-state index in [4.69, 9.17) is 4.74 Å². The fraction of sp³-hybridized carbons (Fsp3) is 0.600. The van der Waals surface area contributed by atoms with Gasteiger partial charge >= 0.3 is 0 Å². The minimum absolute atomic E-state index is 0.744. The molecule has 1 atom stereocenters. The molecular weight excluding hydrogens is 210 g/mol.